The number of aryl methyl sites for hydroxylation is 1. The molecule has 15 nitrogen and oxygen atoms in total. The largest absolute Gasteiger partial charge is 0.370 e. The normalized spacial score (nSPS) is 16.0. The minimum atomic E-state index is -1.36. The van der Waals surface area contributed by atoms with Gasteiger partial charge in [0.1, 0.15) is 23.7 Å². The maximum Gasteiger partial charge on any atom is 0.246 e. The second kappa shape index (κ2) is 23.8. The summed E-state index contributed by atoms with van der Waals surface area (Å²) in [7, 11) is 0. The summed E-state index contributed by atoms with van der Waals surface area (Å²) in [4.78, 5) is 86.3. The molecule has 4 rings (SSSR count). The lowest BCUT2D eigenvalue weighted by molar-refractivity contribution is -0.137. The molecule has 4 atom stereocenters. The first-order chi connectivity index (χ1) is 29.7. The van der Waals surface area contributed by atoms with E-state index in [0.717, 1.165) is 44.3 Å². The van der Waals surface area contributed by atoms with Crippen molar-refractivity contribution < 1.29 is 28.8 Å². The fraction of sp³-hybridized carbons (Fsp3) is 0.413. The van der Waals surface area contributed by atoms with E-state index in [-0.39, 0.29) is 63.4 Å². The molecule has 1 aliphatic rings. The third-order valence-electron chi connectivity index (χ3n) is 10.9. The SMILES string of the molecule is C/C=C(/C[C@H](NC(=O)C(CCCN=C(N)N)NC(=O)C(Cc1ccccc1)NC(=O)C1(NC(=O)CCCC)CCc2c(Br)cccc2C1)C(=O)NCC(N)=O)c1ccccc1C. The topological polar surface area (TPSA) is 253 Å². The Labute approximate surface area is 372 Å². The molecule has 0 fully saturated rings. The number of halogens is 1. The summed E-state index contributed by atoms with van der Waals surface area (Å²) >= 11 is 3.63. The summed E-state index contributed by atoms with van der Waals surface area (Å²) < 4.78 is 0.913. The molecule has 0 aromatic heterocycles. The van der Waals surface area contributed by atoms with Gasteiger partial charge >= 0.3 is 0 Å². The van der Waals surface area contributed by atoms with Crippen LogP contribution in [0.25, 0.3) is 5.57 Å². The monoisotopic (exact) mass is 913 g/mol. The van der Waals surface area contributed by atoms with Gasteiger partial charge in [-0.15, -0.1) is 0 Å². The van der Waals surface area contributed by atoms with Crippen molar-refractivity contribution >= 4 is 62.9 Å². The van der Waals surface area contributed by atoms with E-state index < -0.39 is 59.7 Å². The van der Waals surface area contributed by atoms with Crippen molar-refractivity contribution in [3.8, 4) is 0 Å². The average Bonchev–Trinajstić information content (AvgIpc) is 3.24. The van der Waals surface area contributed by atoms with Gasteiger partial charge in [-0.25, -0.2) is 0 Å². The Hall–Kier alpha value is -6.03. The molecule has 16 heteroatoms. The molecule has 0 saturated carbocycles. The number of aliphatic imine (C=N–C) groups is 1. The van der Waals surface area contributed by atoms with Gasteiger partial charge < -0.3 is 43.8 Å². The zero-order valence-electron chi connectivity index (χ0n) is 35.7. The number of rotatable bonds is 22. The highest BCUT2D eigenvalue weighted by molar-refractivity contribution is 9.10. The van der Waals surface area contributed by atoms with Crippen LogP contribution >= 0.6 is 15.9 Å². The number of unbranched alkanes of at least 4 members (excludes halogenated alkanes) is 1. The number of hydrogen-bond acceptors (Lipinski definition) is 7. The number of nitrogens with two attached hydrogens (primary N) is 3. The van der Waals surface area contributed by atoms with Gasteiger partial charge in [0.2, 0.25) is 35.4 Å². The van der Waals surface area contributed by atoms with Crippen molar-refractivity contribution in [2.24, 2.45) is 22.2 Å². The Balaban J connectivity index is 1.68. The van der Waals surface area contributed by atoms with Crippen molar-refractivity contribution in [2.45, 2.75) is 109 Å². The Kier molecular flexibility index (Phi) is 18.7. The number of benzene rings is 3. The van der Waals surface area contributed by atoms with Crippen LogP contribution in [0.15, 0.2) is 88.3 Å². The molecule has 0 bridgehead atoms. The number of primary amides is 1. The van der Waals surface area contributed by atoms with Crippen LogP contribution in [-0.2, 0) is 48.0 Å². The molecule has 11 N–H and O–H groups in total. The molecule has 0 heterocycles. The third-order valence-corrected chi connectivity index (χ3v) is 11.6. The smallest absolute Gasteiger partial charge is 0.246 e. The van der Waals surface area contributed by atoms with Gasteiger partial charge in [-0.1, -0.05) is 102 Å². The molecule has 3 aromatic rings. The highest BCUT2D eigenvalue weighted by Crippen LogP contribution is 2.34. The number of allylic oxidation sites excluding steroid dienone is 1. The van der Waals surface area contributed by atoms with Gasteiger partial charge in [0.15, 0.2) is 5.96 Å². The van der Waals surface area contributed by atoms with E-state index in [4.69, 9.17) is 17.2 Å². The Morgan fingerprint density at radius 3 is 2.21 bits per heavy atom. The van der Waals surface area contributed by atoms with Crippen LogP contribution in [0.5, 0.6) is 0 Å². The Bertz CT molecular complexity index is 2120. The number of carbonyl (C=O) groups is 6. The van der Waals surface area contributed by atoms with Gasteiger partial charge in [0.25, 0.3) is 0 Å². The van der Waals surface area contributed by atoms with Gasteiger partial charge in [-0.3, -0.25) is 33.8 Å². The van der Waals surface area contributed by atoms with Gasteiger partial charge in [-0.05, 0) is 85.4 Å². The summed E-state index contributed by atoms with van der Waals surface area (Å²) in [6.07, 6.45) is 4.93. The zero-order chi connectivity index (χ0) is 45.2. The number of nitrogens with one attached hydrogen (secondary N) is 5. The molecule has 0 radical (unpaired) electrons. The van der Waals surface area contributed by atoms with Gasteiger partial charge in [0, 0.05) is 36.7 Å². The zero-order valence-corrected chi connectivity index (χ0v) is 37.3. The molecule has 6 amide bonds. The molecule has 3 aromatic carbocycles. The lowest BCUT2D eigenvalue weighted by atomic mass is 9.76. The van der Waals surface area contributed by atoms with E-state index >= 15 is 0 Å². The van der Waals surface area contributed by atoms with Crippen molar-refractivity contribution in [3.05, 3.63) is 111 Å². The number of fused-ring (bicyclic) bond motifs is 1. The van der Waals surface area contributed by atoms with E-state index in [0.29, 0.717) is 12.8 Å². The summed E-state index contributed by atoms with van der Waals surface area (Å²) in [5.74, 6) is -3.72. The van der Waals surface area contributed by atoms with Crippen LogP contribution in [0.3, 0.4) is 0 Å². The number of carbonyl (C=O) groups excluding carboxylic acids is 6. The third kappa shape index (κ3) is 14.3. The Morgan fingerprint density at radius 2 is 1.53 bits per heavy atom. The van der Waals surface area contributed by atoms with Crippen LogP contribution in [-0.4, -0.2) is 78.2 Å². The van der Waals surface area contributed by atoms with Crippen molar-refractivity contribution in [1.82, 2.24) is 26.6 Å². The number of guanidine groups is 1. The first-order valence-electron chi connectivity index (χ1n) is 21.0. The van der Waals surface area contributed by atoms with E-state index in [1.54, 1.807) is 0 Å². The number of nitrogens with zero attached hydrogens (tertiary/aromatic N) is 1. The fourth-order valence-corrected chi connectivity index (χ4v) is 8.15. The maximum atomic E-state index is 14.7. The van der Waals surface area contributed by atoms with Crippen LogP contribution in [0.2, 0.25) is 0 Å². The molecule has 0 aliphatic heterocycles. The summed E-state index contributed by atoms with van der Waals surface area (Å²) in [6.45, 7) is 5.42. The van der Waals surface area contributed by atoms with Crippen LogP contribution in [0.4, 0.5) is 0 Å². The van der Waals surface area contributed by atoms with E-state index in [9.17, 15) is 28.8 Å². The average molecular weight is 915 g/mol. The second-order valence-corrected chi connectivity index (χ2v) is 16.4. The summed E-state index contributed by atoms with van der Waals surface area (Å²) in [5, 5.41) is 14.2. The second-order valence-electron chi connectivity index (χ2n) is 15.6. The van der Waals surface area contributed by atoms with Crippen molar-refractivity contribution in [2.75, 3.05) is 13.1 Å². The lowest BCUT2D eigenvalue weighted by Gasteiger charge is -2.39. The number of amides is 6. The first-order valence-corrected chi connectivity index (χ1v) is 21.8. The van der Waals surface area contributed by atoms with E-state index in [1.165, 1.54) is 0 Å². The predicted molar refractivity (Wildman–Crippen MR) is 244 cm³/mol. The quantitative estimate of drug-likeness (QED) is 0.0422. The first kappa shape index (κ1) is 48.6. The molecule has 1 aliphatic carbocycles. The highest BCUT2D eigenvalue weighted by Gasteiger charge is 2.44. The summed E-state index contributed by atoms with van der Waals surface area (Å²) in [5.41, 5.74) is 20.4. The summed E-state index contributed by atoms with van der Waals surface area (Å²) in [6, 6.07) is 18.9. The standard InChI is InChI=1S/C46H60BrN9O6/c1-4-6-21-40(58)56-46(23-22-34-32(27-46)17-12-19-35(34)47)44(62)55-37(25-30-15-8-7-9-16-30)43(61)53-36(20-13-24-51-45(49)50)42(60)54-38(41(59)52-28-39(48)57)26-31(5-2)33-18-11-10-14-29(33)3/h5,7-12,14-19,36-38H,4,6,13,20-28H2,1-3H3,(H2,48,57)(H,52,59)(H,53,61)(H,54,60)(H,55,62)(H,56,58)(H4,49,50,51)/b31-5-/t36?,37?,38-,46?/m0/s1. The molecular formula is C46H60BrN9O6. The van der Waals surface area contributed by atoms with Gasteiger partial charge in [0.05, 0.1) is 6.54 Å². The fourth-order valence-electron chi connectivity index (χ4n) is 7.54. The van der Waals surface area contributed by atoms with Crippen molar-refractivity contribution in [1.29, 1.82) is 0 Å². The molecular weight excluding hydrogens is 854 g/mol. The van der Waals surface area contributed by atoms with Crippen LogP contribution < -0.4 is 43.8 Å². The molecule has 0 saturated heterocycles. The lowest BCUT2D eigenvalue weighted by Crippen LogP contribution is -2.65. The van der Waals surface area contributed by atoms with E-state index in [2.05, 4.69) is 47.5 Å². The van der Waals surface area contributed by atoms with Gasteiger partial charge in [-0.2, -0.15) is 0 Å². The molecule has 3 unspecified atom stereocenters. The van der Waals surface area contributed by atoms with Crippen LogP contribution in [0.1, 0.15) is 86.6 Å². The predicted octanol–water partition coefficient (Wildman–Crippen LogP) is 3.14. The van der Waals surface area contributed by atoms with Crippen molar-refractivity contribution in [3.63, 3.8) is 0 Å². The van der Waals surface area contributed by atoms with Crippen LogP contribution in [0, 0.1) is 6.92 Å². The minimum Gasteiger partial charge on any atom is -0.370 e. The molecule has 332 valence electrons. The Morgan fingerprint density at radius 1 is 0.839 bits per heavy atom. The van der Waals surface area contributed by atoms with E-state index in [1.807, 2.05) is 99.6 Å². The maximum absolute atomic E-state index is 14.7. The highest BCUT2D eigenvalue weighted by atomic mass is 79.9. The molecule has 0 spiro atoms. The minimum absolute atomic E-state index is 0.0464. The number of hydrogen-bond donors (Lipinski definition) is 8. The molecule has 62 heavy (non-hydrogen) atoms.